The quantitative estimate of drug-likeness (QED) is 0.889. The summed E-state index contributed by atoms with van der Waals surface area (Å²) in [5.41, 5.74) is 1.83. The van der Waals surface area contributed by atoms with Crippen LogP contribution in [0, 0.1) is 6.92 Å². The van der Waals surface area contributed by atoms with Gasteiger partial charge in [0.2, 0.25) is 0 Å². The molecule has 2 N–H and O–H groups in total. The lowest BCUT2D eigenvalue weighted by Gasteiger charge is -2.10. The zero-order valence-electron chi connectivity index (χ0n) is 9.64. The third kappa shape index (κ3) is 2.60. The van der Waals surface area contributed by atoms with Crippen molar-refractivity contribution in [2.45, 2.75) is 6.92 Å². The number of nitrogens with one attached hydrogen (secondary N) is 1. The lowest BCUT2D eigenvalue weighted by Crippen LogP contribution is -2.05. The van der Waals surface area contributed by atoms with E-state index < -0.39 is 5.97 Å². The van der Waals surface area contributed by atoms with Crippen LogP contribution in [-0.2, 0) is 0 Å². The summed E-state index contributed by atoms with van der Waals surface area (Å²) in [6.07, 6.45) is 1.54. The van der Waals surface area contributed by atoms with Crippen LogP contribution in [0.4, 0.5) is 11.5 Å². The van der Waals surface area contributed by atoms with E-state index in [0.717, 1.165) is 11.3 Å². The van der Waals surface area contributed by atoms with Gasteiger partial charge in [-0.3, -0.25) is 0 Å². The minimum Gasteiger partial charge on any atom is -0.478 e. The molecule has 0 atom stereocenters. The molecule has 5 heteroatoms. The minimum absolute atomic E-state index is 0.131. The molecule has 1 heterocycles. The standard InChI is InChI=1S/C13H11ClN2O2/c1-8-7-9(14)4-5-11(8)16-12-10(13(17)18)3-2-6-15-12/h2-7H,1H3,(H,15,16)(H,17,18). The van der Waals surface area contributed by atoms with Crippen molar-refractivity contribution in [3.05, 3.63) is 52.7 Å². The first-order valence-electron chi connectivity index (χ1n) is 5.29. The highest BCUT2D eigenvalue weighted by Gasteiger charge is 2.11. The molecule has 0 aliphatic rings. The van der Waals surface area contributed by atoms with E-state index in [9.17, 15) is 4.79 Å². The maximum Gasteiger partial charge on any atom is 0.339 e. The molecule has 0 amide bonds. The molecule has 0 aliphatic heterocycles. The largest absolute Gasteiger partial charge is 0.478 e. The lowest BCUT2D eigenvalue weighted by molar-refractivity contribution is 0.0697. The summed E-state index contributed by atoms with van der Waals surface area (Å²) < 4.78 is 0. The van der Waals surface area contributed by atoms with Gasteiger partial charge in [-0.2, -0.15) is 0 Å². The summed E-state index contributed by atoms with van der Waals surface area (Å²) >= 11 is 5.86. The number of hydrogen-bond acceptors (Lipinski definition) is 3. The van der Waals surface area contributed by atoms with E-state index in [1.807, 2.05) is 6.92 Å². The van der Waals surface area contributed by atoms with Crippen molar-refractivity contribution in [1.82, 2.24) is 4.98 Å². The van der Waals surface area contributed by atoms with Crippen LogP contribution in [0.25, 0.3) is 0 Å². The monoisotopic (exact) mass is 262 g/mol. The van der Waals surface area contributed by atoms with E-state index in [0.29, 0.717) is 10.8 Å². The zero-order chi connectivity index (χ0) is 13.1. The summed E-state index contributed by atoms with van der Waals surface area (Å²) in [5, 5.41) is 12.7. The number of hydrogen-bond donors (Lipinski definition) is 2. The Balaban J connectivity index is 2.37. The molecular formula is C13H11ClN2O2. The molecule has 18 heavy (non-hydrogen) atoms. The third-order valence-corrected chi connectivity index (χ3v) is 2.71. The second-order valence-electron chi connectivity index (χ2n) is 3.79. The Bertz CT molecular complexity index is 599. The van der Waals surface area contributed by atoms with E-state index >= 15 is 0 Å². The number of carboxylic acid groups (broad SMARTS) is 1. The first-order chi connectivity index (χ1) is 8.58. The van der Waals surface area contributed by atoms with E-state index in [2.05, 4.69) is 10.3 Å². The highest BCUT2D eigenvalue weighted by molar-refractivity contribution is 6.30. The Kier molecular flexibility index (Phi) is 3.48. The van der Waals surface area contributed by atoms with Gasteiger partial charge >= 0.3 is 5.97 Å². The predicted octanol–water partition coefficient (Wildman–Crippen LogP) is 3.49. The summed E-state index contributed by atoms with van der Waals surface area (Å²) in [4.78, 5) is 15.1. The molecule has 0 fully saturated rings. The van der Waals surface area contributed by atoms with Gasteiger partial charge in [0.15, 0.2) is 0 Å². The number of pyridine rings is 1. The predicted molar refractivity (Wildman–Crippen MR) is 70.7 cm³/mol. The SMILES string of the molecule is Cc1cc(Cl)ccc1Nc1ncccc1C(=O)O. The number of carbonyl (C=O) groups is 1. The highest BCUT2D eigenvalue weighted by atomic mass is 35.5. The molecule has 0 saturated carbocycles. The van der Waals surface area contributed by atoms with Crippen molar-refractivity contribution in [3.8, 4) is 0 Å². The molecule has 4 nitrogen and oxygen atoms in total. The van der Waals surface area contributed by atoms with Crippen molar-refractivity contribution in [1.29, 1.82) is 0 Å². The van der Waals surface area contributed by atoms with Crippen LogP contribution in [0.1, 0.15) is 15.9 Å². The smallest absolute Gasteiger partial charge is 0.339 e. The number of rotatable bonds is 3. The number of benzene rings is 1. The molecule has 92 valence electrons. The van der Waals surface area contributed by atoms with Crippen molar-refractivity contribution in [2.75, 3.05) is 5.32 Å². The molecule has 1 aromatic heterocycles. The number of halogens is 1. The fourth-order valence-electron chi connectivity index (χ4n) is 1.57. The summed E-state index contributed by atoms with van der Waals surface area (Å²) in [6.45, 7) is 1.89. The number of aromatic nitrogens is 1. The number of carboxylic acids is 1. The van der Waals surface area contributed by atoms with Crippen LogP contribution in [0.15, 0.2) is 36.5 Å². The Labute approximate surface area is 109 Å². The Morgan fingerprint density at radius 2 is 2.17 bits per heavy atom. The highest BCUT2D eigenvalue weighted by Crippen LogP contribution is 2.24. The van der Waals surface area contributed by atoms with E-state index in [1.165, 1.54) is 6.07 Å². The van der Waals surface area contributed by atoms with Gasteiger partial charge in [-0.15, -0.1) is 0 Å². The molecule has 0 bridgehead atoms. The zero-order valence-corrected chi connectivity index (χ0v) is 10.4. The topological polar surface area (TPSA) is 62.2 Å². The summed E-state index contributed by atoms with van der Waals surface area (Å²) in [5.74, 6) is -0.701. The average Bonchev–Trinajstić information content (AvgIpc) is 2.33. The van der Waals surface area contributed by atoms with E-state index in [1.54, 1.807) is 30.5 Å². The second kappa shape index (κ2) is 5.06. The van der Waals surface area contributed by atoms with Gasteiger partial charge in [-0.1, -0.05) is 11.6 Å². The summed E-state index contributed by atoms with van der Waals surface area (Å²) in [7, 11) is 0. The van der Waals surface area contributed by atoms with Gasteiger partial charge in [-0.25, -0.2) is 9.78 Å². The van der Waals surface area contributed by atoms with Gasteiger partial charge in [0.05, 0.1) is 0 Å². The van der Waals surface area contributed by atoms with Crippen LogP contribution in [0.5, 0.6) is 0 Å². The average molecular weight is 263 g/mol. The first-order valence-corrected chi connectivity index (χ1v) is 5.67. The molecule has 1 aromatic carbocycles. The molecule has 0 spiro atoms. The molecule has 0 aliphatic carbocycles. The molecule has 0 unspecified atom stereocenters. The molecule has 0 radical (unpaired) electrons. The number of nitrogens with zero attached hydrogens (tertiary/aromatic N) is 1. The fraction of sp³-hybridized carbons (Fsp3) is 0.0769. The van der Waals surface area contributed by atoms with Gasteiger partial charge in [-0.05, 0) is 42.8 Å². The van der Waals surface area contributed by atoms with E-state index in [-0.39, 0.29) is 5.56 Å². The van der Waals surface area contributed by atoms with Crippen molar-refractivity contribution < 1.29 is 9.90 Å². The van der Waals surface area contributed by atoms with E-state index in [4.69, 9.17) is 16.7 Å². The number of anilines is 2. The maximum atomic E-state index is 11.0. The van der Waals surface area contributed by atoms with Gasteiger partial charge in [0, 0.05) is 16.9 Å². The molecule has 2 aromatic rings. The van der Waals surface area contributed by atoms with Gasteiger partial charge in [0.1, 0.15) is 11.4 Å². The first kappa shape index (κ1) is 12.4. The van der Waals surface area contributed by atoms with Crippen molar-refractivity contribution in [2.24, 2.45) is 0 Å². The Hall–Kier alpha value is -2.07. The van der Waals surface area contributed by atoms with Crippen molar-refractivity contribution >= 4 is 29.1 Å². The number of aromatic carboxylic acids is 1. The van der Waals surface area contributed by atoms with Crippen LogP contribution < -0.4 is 5.32 Å². The van der Waals surface area contributed by atoms with Crippen LogP contribution in [0.2, 0.25) is 5.02 Å². The minimum atomic E-state index is -1.02. The normalized spacial score (nSPS) is 10.1. The van der Waals surface area contributed by atoms with Gasteiger partial charge in [0.25, 0.3) is 0 Å². The lowest BCUT2D eigenvalue weighted by atomic mass is 10.2. The summed E-state index contributed by atoms with van der Waals surface area (Å²) in [6, 6.07) is 8.41. The molecule has 0 saturated heterocycles. The van der Waals surface area contributed by atoms with Crippen LogP contribution >= 0.6 is 11.6 Å². The molecule has 2 rings (SSSR count). The fourth-order valence-corrected chi connectivity index (χ4v) is 1.80. The molecular weight excluding hydrogens is 252 g/mol. The van der Waals surface area contributed by atoms with Crippen LogP contribution in [-0.4, -0.2) is 16.1 Å². The third-order valence-electron chi connectivity index (χ3n) is 2.48. The maximum absolute atomic E-state index is 11.0. The van der Waals surface area contributed by atoms with Gasteiger partial charge < -0.3 is 10.4 Å². The second-order valence-corrected chi connectivity index (χ2v) is 4.23. The van der Waals surface area contributed by atoms with Crippen molar-refractivity contribution in [3.63, 3.8) is 0 Å². The Morgan fingerprint density at radius 3 is 2.83 bits per heavy atom. The Morgan fingerprint density at radius 1 is 1.39 bits per heavy atom. The number of aryl methyl sites for hydroxylation is 1. The van der Waals surface area contributed by atoms with Crippen LogP contribution in [0.3, 0.4) is 0 Å².